The highest BCUT2D eigenvalue weighted by Gasteiger charge is 1.89. The lowest BCUT2D eigenvalue weighted by Crippen LogP contribution is -1.99. The molecule has 50 valence electrons. The Morgan fingerprint density at radius 1 is 1.50 bits per heavy atom. The molecule has 1 nitrogen and oxygen atoms in total. The summed E-state index contributed by atoms with van der Waals surface area (Å²) in [6.07, 6.45) is 2.42. The second-order valence-electron chi connectivity index (χ2n) is 1.62. The van der Waals surface area contributed by atoms with Crippen molar-refractivity contribution in [3.8, 4) is 0 Å². The van der Waals surface area contributed by atoms with Gasteiger partial charge in [0, 0.05) is 0 Å². The predicted octanol–water partition coefficient (Wildman–Crippen LogP) is 2.38. The van der Waals surface area contributed by atoms with Gasteiger partial charge in [-0.2, -0.15) is 0 Å². The average molecular weight is 152 g/mol. The maximum atomic E-state index is 5.22. The minimum absolute atomic E-state index is 0.370. The molecule has 0 aromatic rings. The van der Waals surface area contributed by atoms with Crippen LogP contribution in [0.25, 0.3) is 0 Å². The highest BCUT2D eigenvalue weighted by atomic mass is 33.1. The Hall–Kier alpha value is 0.660. The third-order valence-corrected chi connectivity index (χ3v) is 2.03. The van der Waals surface area contributed by atoms with Gasteiger partial charge in [-0.25, -0.2) is 0 Å². The van der Waals surface area contributed by atoms with E-state index in [-0.39, 0.29) is 0 Å². The maximum absolute atomic E-state index is 5.22. The summed E-state index contributed by atoms with van der Waals surface area (Å²) in [4.78, 5) is 0. The average Bonchev–Trinajstić information content (AvgIpc) is 1.66. The van der Waals surface area contributed by atoms with E-state index >= 15 is 0 Å². The van der Waals surface area contributed by atoms with E-state index in [1.165, 1.54) is 0 Å². The monoisotopic (exact) mass is 152 g/mol. The van der Waals surface area contributed by atoms with Gasteiger partial charge in [0.15, 0.2) is 0 Å². The molecule has 0 aliphatic carbocycles. The van der Waals surface area contributed by atoms with Crippen molar-refractivity contribution in [3.05, 3.63) is 0 Å². The molecule has 0 aliphatic heterocycles. The molecule has 0 heterocycles. The van der Waals surface area contributed by atoms with E-state index in [9.17, 15) is 0 Å². The molecule has 0 aromatic heterocycles. The number of rotatable bonds is 4. The molecule has 0 saturated heterocycles. The van der Waals surface area contributed by atoms with Gasteiger partial charge in [0.05, 0.1) is 6.10 Å². The van der Waals surface area contributed by atoms with Gasteiger partial charge in [-0.05, 0) is 20.1 Å². The molecule has 0 radical (unpaired) electrons. The molecule has 0 spiro atoms. The zero-order valence-electron chi connectivity index (χ0n) is 5.51. The van der Waals surface area contributed by atoms with Crippen LogP contribution in [0, 0.1) is 0 Å². The Morgan fingerprint density at radius 2 is 2.12 bits per heavy atom. The van der Waals surface area contributed by atoms with E-state index in [2.05, 4.69) is 0 Å². The molecule has 0 N–H and O–H groups in total. The fourth-order valence-electron chi connectivity index (χ4n) is 0.212. The zero-order valence-corrected chi connectivity index (χ0v) is 7.14. The third-order valence-electron chi connectivity index (χ3n) is 0.567. The van der Waals surface area contributed by atoms with Crippen LogP contribution in [0.5, 0.6) is 0 Å². The second kappa shape index (κ2) is 5.79. The first-order valence-corrected chi connectivity index (χ1v) is 5.27. The minimum Gasteiger partial charge on any atom is -0.367 e. The number of hydrogen-bond donors (Lipinski definition) is 0. The predicted molar refractivity (Wildman–Crippen MR) is 42.2 cm³/mol. The van der Waals surface area contributed by atoms with Crippen molar-refractivity contribution in [2.45, 2.75) is 20.0 Å². The van der Waals surface area contributed by atoms with Crippen LogP contribution in [0.4, 0.5) is 0 Å². The first-order valence-electron chi connectivity index (χ1n) is 2.54. The van der Waals surface area contributed by atoms with Gasteiger partial charge < -0.3 is 4.74 Å². The summed E-state index contributed by atoms with van der Waals surface area (Å²) in [6.45, 7) is 4.09. The molecule has 0 aromatic carbocycles. The van der Waals surface area contributed by atoms with Crippen LogP contribution in [0.3, 0.4) is 0 Å². The van der Waals surface area contributed by atoms with Crippen molar-refractivity contribution in [1.29, 1.82) is 0 Å². The van der Waals surface area contributed by atoms with Gasteiger partial charge in [-0.15, -0.1) is 0 Å². The Kier molecular flexibility index (Phi) is 6.27. The molecule has 0 aliphatic rings. The van der Waals surface area contributed by atoms with Crippen LogP contribution < -0.4 is 0 Å². The Morgan fingerprint density at radius 3 is 2.50 bits per heavy atom. The quantitative estimate of drug-likeness (QED) is 0.348. The van der Waals surface area contributed by atoms with Gasteiger partial charge in [0.25, 0.3) is 0 Å². The molecule has 8 heavy (non-hydrogen) atoms. The molecule has 0 fully saturated rings. The van der Waals surface area contributed by atoms with Gasteiger partial charge >= 0.3 is 0 Å². The van der Waals surface area contributed by atoms with Gasteiger partial charge in [-0.3, -0.25) is 0 Å². The summed E-state index contributed by atoms with van der Waals surface area (Å²) in [6, 6.07) is 0. The van der Waals surface area contributed by atoms with Crippen LogP contribution in [0.15, 0.2) is 0 Å². The summed E-state index contributed by atoms with van der Waals surface area (Å²) in [5, 5.41) is 0. The SMILES string of the molecule is CSSCOC(C)C. The lowest BCUT2D eigenvalue weighted by molar-refractivity contribution is 0.121. The second-order valence-corrected chi connectivity index (χ2v) is 4.13. The molecular weight excluding hydrogens is 140 g/mol. The molecule has 3 heteroatoms. The summed E-state index contributed by atoms with van der Waals surface area (Å²) >= 11 is 0. The first-order chi connectivity index (χ1) is 3.77. The molecule has 0 saturated carbocycles. The van der Waals surface area contributed by atoms with Gasteiger partial charge in [0.1, 0.15) is 5.94 Å². The van der Waals surface area contributed by atoms with Crippen LogP contribution in [0.1, 0.15) is 13.8 Å². The van der Waals surface area contributed by atoms with Gasteiger partial charge in [-0.1, -0.05) is 21.6 Å². The molecule has 0 bridgehead atoms. The normalized spacial score (nSPS) is 10.5. The maximum Gasteiger partial charge on any atom is 0.102 e. The van der Waals surface area contributed by atoms with E-state index < -0.39 is 0 Å². The standard InChI is InChI=1S/C5H12OS2/c1-5(2)6-4-8-7-3/h5H,4H2,1-3H3. The topological polar surface area (TPSA) is 9.23 Å². The van der Waals surface area contributed by atoms with Crippen molar-refractivity contribution in [1.82, 2.24) is 0 Å². The summed E-state index contributed by atoms with van der Waals surface area (Å²) in [5.41, 5.74) is 0. The zero-order chi connectivity index (χ0) is 6.41. The Balaban J connectivity index is 2.72. The van der Waals surface area contributed by atoms with E-state index in [1.807, 2.05) is 20.1 Å². The lowest BCUT2D eigenvalue weighted by atomic mass is 10.5. The van der Waals surface area contributed by atoms with Crippen molar-refractivity contribution in [2.24, 2.45) is 0 Å². The molecular formula is C5H12OS2. The van der Waals surface area contributed by atoms with E-state index in [0.29, 0.717) is 6.10 Å². The fourth-order valence-corrected chi connectivity index (χ4v) is 1.09. The van der Waals surface area contributed by atoms with Crippen LogP contribution >= 0.6 is 21.6 Å². The van der Waals surface area contributed by atoms with Crippen molar-refractivity contribution in [3.63, 3.8) is 0 Å². The first kappa shape index (κ1) is 8.66. The molecule has 0 atom stereocenters. The number of hydrogen-bond acceptors (Lipinski definition) is 3. The highest BCUT2D eigenvalue weighted by molar-refractivity contribution is 8.76. The molecule has 0 amide bonds. The summed E-state index contributed by atoms with van der Waals surface area (Å²) in [5.74, 6) is 0.804. The van der Waals surface area contributed by atoms with Crippen LogP contribution in [-0.2, 0) is 4.74 Å². The largest absolute Gasteiger partial charge is 0.367 e. The Labute approximate surface area is 59.0 Å². The smallest absolute Gasteiger partial charge is 0.102 e. The molecule has 0 unspecified atom stereocenters. The van der Waals surface area contributed by atoms with Crippen LogP contribution in [0.2, 0.25) is 0 Å². The lowest BCUT2D eigenvalue weighted by Gasteiger charge is -2.03. The van der Waals surface area contributed by atoms with Crippen LogP contribution in [-0.4, -0.2) is 18.3 Å². The van der Waals surface area contributed by atoms with Crippen molar-refractivity contribution in [2.75, 3.05) is 12.2 Å². The Bertz CT molecular complexity index is 47.7. The van der Waals surface area contributed by atoms with Gasteiger partial charge in [0.2, 0.25) is 0 Å². The third kappa shape index (κ3) is 6.66. The van der Waals surface area contributed by atoms with Crippen molar-refractivity contribution < 1.29 is 4.74 Å². The van der Waals surface area contributed by atoms with E-state index in [1.54, 1.807) is 21.6 Å². The van der Waals surface area contributed by atoms with E-state index in [0.717, 1.165) is 5.94 Å². The van der Waals surface area contributed by atoms with Crippen molar-refractivity contribution >= 4 is 21.6 Å². The van der Waals surface area contributed by atoms with E-state index in [4.69, 9.17) is 4.74 Å². The summed E-state index contributed by atoms with van der Waals surface area (Å²) < 4.78 is 5.22. The number of ether oxygens (including phenoxy) is 1. The molecule has 0 rings (SSSR count). The summed E-state index contributed by atoms with van der Waals surface area (Å²) in [7, 11) is 3.47. The fraction of sp³-hybridized carbons (Fsp3) is 1.00. The highest BCUT2D eigenvalue weighted by Crippen LogP contribution is 2.16. The minimum atomic E-state index is 0.370.